The minimum absolute atomic E-state index is 0.285. The molecule has 2 heterocycles. The second-order valence-electron chi connectivity index (χ2n) is 5.62. The molecule has 0 N–H and O–H groups in total. The molecular formula is C16H20N4O3. The van der Waals surface area contributed by atoms with Crippen LogP contribution in [0.25, 0.3) is 10.9 Å². The number of methoxy groups -OCH3 is 1. The van der Waals surface area contributed by atoms with Gasteiger partial charge in [-0.1, -0.05) is 0 Å². The molecule has 1 saturated heterocycles. The van der Waals surface area contributed by atoms with Gasteiger partial charge in [0.1, 0.15) is 18.8 Å². The lowest BCUT2D eigenvalue weighted by Gasteiger charge is -2.29. The summed E-state index contributed by atoms with van der Waals surface area (Å²) in [5.41, 5.74) is 2.34. The Kier molecular flexibility index (Phi) is 4.29. The van der Waals surface area contributed by atoms with E-state index in [-0.39, 0.29) is 12.8 Å². The minimum atomic E-state index is -0.372. The highest BCUT2D eigenvalue weighted by atomic mass is 16.6. The van der Waals surface area contributed by atoms with Crippen molar-refractivity contribution in [2.45, 2.75) is 13.3 Å². The van der Waals surface area contributed by atoms with E-state index in [0.717, 1.165) is 29.6 Å². The smallest absolute Gasteiger partial charge is 0.415 e. The number of carbonyl (C=O) groups excluding carboxylic acids is 1. The molecular weight excluding hydrogens is 296 g/mol. The van der Waals surface area contributed by atoms with Crippen molar-refractivity contribution in [1.82, 2.24) is 14.9 Å². The van der Waals surface area contributed by atoms with E-state index in [2.05, 4.69) is 9.97 Å². The summed E-state index contributed by atoms with van der Waals surface area (Å²) < 4.78 is 10.8. The van der Waals surface area contributed by atoms with Crippen LogP contribution in [0, 0.1) is 6.92 Å². The number of cyclic esters (lactones) is 1. The Morgan fingerprint density at radius 3 is 2.87 bits per heavy atom. The van der Waals surface area contributed by atoms with Crippen LogP contribution in [0.15, 0.2) is 18.5 Å². The predicted octanol–water partition coefficient (Wildman–Crippen LogP) is 2.18. The van der Waals surface area contributed by atoms with Crippen molar-refractivity contribution in [3.05, 3.63) is 24.2 Å². The van der Waals surface area contributed by atoms with Crippen LogP contribution in [0.3, 0.4) is 0 Å². The highest BCUT2D eigenvalue weighted by molar-refractivity contribution is 5.95. The molecule has 122 valence electrons. The molecule has 1 aliphatic rings. The summed E-state index contributed by atoms with van der Waals surface area (Å²) >= 11 is 0. The van der Waals surface area contributed by atoms with Crippen molar-refractivity contribution in [3.8, 4) is 5.75 Å². The van der Waals surface area contributed by atoms with Gasteiger partial charge in [-0.25, -0.2) is 14.8 Å². The lowest BCUT2D eigenvalue weighted by atomic mass is 10.1. The average Bonchev–Trinajstić information content (AvgIpc) is 2.54. The van der Waals surface area contributed by atoms with Crippen molar-refractivity contribution < 1.29 is 14.3 Å². The fourth-order valence-corrected chi connectivity index (χ4v) is 2.69. The summed E-state index contributed by atoms with van der Waals surface area (Å²) in [5.74, 6) is 0.599. The Hall–Kier alpha value is -2.41. The third-order valence-corrected chi connectivity index (χ3v) is 3.98. The van der Waals surface area contributed by atoms with Crippen LogP contribution in [0.2, 0.25) is 0 Å². The van der Waals surface area contributed by atoms with Gasteiger partial charge < -0.3 is 9.47 Å². The first-order valence-corrected chi connectivity index (χ1v) is 7.52. The fraction of sp³-hybridized carbons (Fsp3) is 0.438. The Bertz CT molecular complexity index is 735. The lowest BCUT2D eigenvalue weighted by Crippen LogP contribution is -2.40. The maximum Gasteiger partial charge on any atom is 0.415 e. The number of fused-ring (bicyclic) bond motifs is 1. The summed E-state index contributed by atoms with van der Waals surface area (Å²) in [7, 11) is 3.52. The number of nitrogens with zero attached hydrogens (tertiary/aromatic N) is 4. The summed E-state index contributed by atoms with van der Waals surface area (Å²) in [6, 6.07) is 3.73. The van der Waals surface area contributed by atoms with Crippen LogP contribution in [-0.4, -0.2) is 54.9 Å². The molecule has 7 nitrogen and oxygen atoms in total. The van der Waals surface area contributed by atoms with Gasteiger partial charge >= 0.3 is 6.09 Å². The zero-order chi connectivity index (χ0) is 16.4. The van der Waals surface area contributed by atoms with Gasteiger partial charge in [-0.15, -0.1) is 0 Å². The molecule has 0 saturated carbocycles. The van der Waals surface area contributed by atoms with E-state index >= 15 is 0 Å². The Labute approximate surface area is 134 Å². The van der Waals surface area contributed by atoms with Crippen LogP contribution in [0.1, 0.15) is 12.1 Å². The van der Waals surface area contributed by atoms with Gasteiger partial charge in [-0.3, -0.25) is 9.80 Å². The number of benzene rings is 1. The first-order valence-electron chi connectivity index (χ1n) is 7.52. The van der Waals surface area contributed by atoms with E-state index in [1.807, 2.05) is 31.0 Å². The molecule has 2 aromatic rings. The number of hydrogen-bond acceptors (Lipinski definition) is 6. The maximum absolute atomic E-state index is 12.4. The summed E-state index contributed by atoms with van der Waals surface area (Å²) in [4.78, 5) is 24.5. The molecule has 3 rings (SSSR count). The quantitative estimate of drug-likeness (QED) is 0.846. The summed E-state index contributed by atoms with van der Waals surface area (Å²) in [6.45, 7) is 3.63. The third-order valence-electron chi connectivity index (χ3n) is 3.98. The van der Waals surface area contributed by atoms with Crippen molar-refractivity contribution in [2.24, 2.45) is 0 Å². The number of ether oxygens (including phenoxy) is 2. The van der Waals surface area contributed by atoms with Gasteiger partial charge in [-0.2, -0.15) is 0 Å². The van der Waals surface area contributed by atoms with E-state index in [9.17, 15) is 4.79 Å². The van der Waals surface area contributed by atoms with Crippen LogP contribution in [0.5, 0.6) is 5.75 Å². The molecule has 1 aromatic heterocycles. The molecule has 1 amide bonds. The van der Waals surface area contributed by atoms with Crippen LogP contribution >= 0.6 is 0 Å². The zero-order valence-electron chi connectivity index (χ0n) is 13.6. The Morgan fingerprint density at radius 2 is 2.09 bits per heavy atom. The number of amides is 1. The van der Waals surface area contributed by atoms with Crippen molar-refractivity contribution in [1.29, 1.82) is 0 Å². The average molecular weight is 316 g/mol. The van der Waals surface area contributed by atoms with E-state index < -0.39 is 0 Å². The standard InChI is InChI=1S/C16H20N4O3/c1-11-12-7-14(15(22-3)8-13(12)18-9-17-11)20-6-4-5-19(2)10-23-16(20)21/h7-9H,4-6,10H2,1-3H3. The number of anilines is 1. The molecule has 0 bridgehead atoms. The first-order chi connectivity index (χ1) is 11.1. The molecule has 1 aliphatic heterocycles. The van der Waals surface area contributed by atoms with Gasteiger partial charge in [-0.05, 0) is 26.5 Å². The van der Waals surface area contributed by atoms with Crippen LogP contribution in [0.4, 0.5) is 10.5 Å². The number of hydrogen-bond donors (Lipinski definition) is 0. The molecule has 0 atom stereocenters. The van der Waals surface area contributed by atoms with E-state index in [1.54, 1.807) is 12.0 Å². The first kappa shape index (κ1) is 15.5. The number of carbonyl (C=O) groups is 1. The third kappa shape index (κ3) is 3.05. The molecule has 0 spiro atoms. The summed E-state index contributed by atoms with van der Waals surface area (Å²) in [5, 5.41) is 0.898. The van der Waals surface area contributed by atoms with Crippen molar-refractivity contribution in [3.63, 3.8) is 0 Å². The molecule has 7 heteroatoms. The molecule has 1 aromatic carbocycles. The maximum atomic E-state index is 12.4. The Balaban J connectivity index is 2.06. The van der Waals surface area contributed by atoms with Crippen LogP contribution in [-0.2, 0) is 4.74 Å². The number of aromatic nitrogens is 2. The topological polar surface area (TPSA) is 67.8 Å². The van der Waals surface area contributed by atoms with Gasteiger partial charge in [0, 0.05) is 30.2 Å². The van der Waals surface area contributed by atoms with Gasteiger partial charge in [0.15, 0.2) is 0 Å². The van der Waals surface area contributed by atoms with Gasteiger partial charge in [0.25, 0.3) is 0 Å². The molecule has 0 aliphatic carbocycles. The highest BCUT2D eigenvalue weighted by Gasteiger charge is 2.24. The van der Waals surface area contributed by atoms with E-state index in [4.69, 9.17) is 9.47 Å². The van der Waals surface area contributed by atoms with E-state index in [1.165, 1.54) is 6.33 Å². The normalized spacial score (nSPS) is 16.8. The molecule has 1 fully saturated rings. The lowest BCUT2D eigenvalue weighted by molar-refractivity contribution is 0.0807. The largest absolute Gasteiger partial charge is 0.494 e. The second kappa shape index (κ2) is 6.37. The van der Waals surface area contributed by atoms with Gasteiger partial charge in [0.05, 0.1) is 18.3 Å². The van der Waals surface area contributed by atoms with Gasteiger partial charge in [0.2, 0.25) is 0 Å². The van der Waals surface area contributed by atoms with Crippen molar-refractivity contribution in [2.75, 3.05) is 38.9 Å². The highest BCUT2D eigenvalue weighted by Crippen LogP contribution is 2.34. The number of rotatable bonds is 2. The molecule has 23 heavy (non-hydrogen) atoms. The fourth-order valence-electron chi connectivity index (χ4n) is 2.69. The number of aryl methyl sites for hydroxylation is 1. The SMILES string of the molecule is COc1cc2ncnc(C)c2cc1N1CCCN(C)COC1=O. The second-order valence-corrected chi connectivity index (χ2v) is 5.62. The van der Waals surface area contributed by atoms with Crippen LogP contribution < -0.4 is 9.64 Å². The summed E-state index contributed by atoms with van der Waals surface area (Å²) in [6.07, 6.45) is 2.01. The predicted molar refractivity (Wildman–Crippen MR) is 86.8 cm³/mol. The molecule has 0 unspecified atom stereocenters. The Morgan fingerprint density at radius 1 is 1.26 bits per heavy atom. The van der Waals surface area contributed by atoms with Crippen molar-refractivity contribution >= 4 is 22.7 Å². The zero-order valence-corrected chi connectivity index (χ0v) is 13.6. The van der Waals surface area contributed by atoms with E-state index in [0.29, 0.717) is 18.0 Å². The monoisotopic (exact) mass is 316 g/mol. The minimum Gasteiger partial charge on any atom is -0.494 e. The molecule has 0 radical (unpaired) electrons.